The fraction of sp³-hybridized carbons (Fsp3) is 0.478. The highest BCUT2D eigenvalue weighted by molar-refractivity contribution is 6.01. The molecule has 0 bridgehead atoms. The molecule has 0 aliphatic carbocycles. The number of anilines is 2. The zero-order chi connectivity index (χ0) is 22.8. The molecule has 0 atom stereocenters. The molecule has 0 radical (unpaired) electrons. The van der Waals surface area contributed by atoms with E-state index in [0.29, 0.717) is 36.5 Å². The number of ether oxygens (including phenoxy) is 1. The summed E-state index contributed by atoms with van der Waals surface area (Å²) >= 11 is 0. The summed E-state index contributed by atoms with van der Waals surface area (Å²) in [6.07, 6.45) is 3.84. The number of fused-ring (bicyclic) bond motifs is 1. The third-order valence-electron chi connectivity index (χ3n) is 6.21. The van der Waals surface area contributed by atoms with Crippen molar-refractivity contribution in [1.29, 1.82) is 0 Å². The van der Waals surface area contributed by atoms with E-state index in [4.69, 9.17) is 4.74 Å². The van der Waals surface area contributed by atoms with Crippen molar-refractivity contribution in [2.24, 2.45) is 5.92 Å². The van der Waals surface area contributed by atoms with E-state index < -0.39 is 0 Å². The van der Waals surface area contributed by atoms with Gasteiger partial charge in [-0.3, -0.25) is 19.1 Å². The maximum atomic E-state index is 13.0. The summed E-state index contributed by atoms with van der Waals surface area (Å²) in [5.41, 5.74) is 2.71. The van der Waals surface area contributed by atoms with Gasteiger partial charge in [0.2, 0.25) is 5.91 Å². The first-order valence-electron chi connectivity index (χ1n) is 11.0. The van der Waals surface area contributed by atoms with Crippen molar-refractivity contribution in [3.05, 3.63) is 35.7 Å². The van der Waals surface area contributed by atoms with Crippen LogP contribution in [-0.4, -0.2) is 59.1 Å². The summed E-state index contributed by atoms with van der Waals surface area (Å²) < 4.78 is 7.24. The van der Waals surface area contributed by atoms with Crippen LogP contribution in [0.4, 0.5) is 11.4 Å². The van der Waals surface area contributed by atoms with Crippen molar-refractivity contribution in [3.63, 3.8) is 0 Å². The van der Waals surface area contributed by atoms with E-state index in [9.17, 15) is 14.4 Å². The lowest BCUT2D eigenvalue weighted by Gasteiger charge is -2.32. The van der Waals surface area contributed by atoms with Crippen molar-refractivity contribution >= 4 is 29.1 Å². The number of likely N-dealkylation sites (tertiary alicyclic amines) is 1. The molecule has 1 N–H and O–H groups in total. The molecule has 1 saturated heterocycles. The minimum absolute atomic E-state index is 0.0123. The van der Waals surface area contributed by atoms with Gasteiger partial charge in [-0.1, -0.05) is 0 Å². The van der Waals surface area contributed by atoms with Crippen LogP contribution in [-0.2, 0) is 16.1 Å². The SMILES string of the molecule is CCn1cc(NC(=O)CC2CCN(C(=O)c3ccc4c(c3)N(C)C(=O)CO4)CC2)c(C)n1. The van der Waals surface area contributed by atoms with Crippen LogP contribution >= 0.6 is 0 Å². The van der Waals surface area contributed by atoms with Gasteiger partial charge in [0, 0.05) is 44.9 Å². The van der Waals surface area contributed by atoms with E-state index in [0.717, 1.165) is 30.8 Å². The molecule has 2 aliphatic rings. The molecule has 9 heteroatoms. The molecular formula is C23H29N5O4. The molecule has 2 aliphatic heterocycles. The standard InChI is InChI=1S/C23H29N5O4/c1-4-28-13-18(15(2)25-28)24-21(29)11-16-7-9-27(10-8-16)23(31)17-5-6-20-19(12-17)26(3)22(30)14-32-20/h5-6,12-13,16H,4,7-11,14H2,1-3H3,(H,24,29). The van der Waals surface area contributed by atoms with Gasteiger partial charge in [-0.2, -0.15) is 5.10 Å². The number of carbonyl (C=O) groups excluding carboxylic acids is 3. The Labute approximate surface area is 187 Å². The highest BCUT2D eigenvalue weighted by Gasteiger charge is 2.28. The Balaban J connectivity index is 1.31. The molecule has 9 nitrogen and oxygen atoms in total. The molecule has 1 aromatic heterocycles. The summed E-state index contributed by atoms with van der Waals surface area (Å²) in [6.45, 7) is 5.86. The molecule has 0 saturated carbocycles. The lowest BCUT2D eigenvalue weighted by Crippen LogP contribution is -2.39. The van der Waals surface area contributed by atoms with E-state index in [1.165, 1.54) is 4.90 Å². The second-order valence-corrected chi connectivity index (χ2v) is 8.40. The van der Waals surface area contributed by atoms with Crippen LogP contribution in [0, 0.1) is 12.8 Å². The number of aryl methyl sites for hydroxylation is 2. The summed E-state index contributed by atoms with van der Waals surface area (Å²) in [7, 11) is 1.68. The molecular weight excluding hydrogens is 410 g/mol. The minimum Gasteiger partial charge on any atom is -0.482 e. The average Bonchev–Trinajstić information content (AvgIpc) is 3.15. The Hall–Kier alpha value is -3.36. The third-order valence-corrected chi connectivity index (χ3v) is 6.21. The second-order valence-electron chi connectivity index (χ2n) is 8.40. The molecule has 4 rings (SSSR count). The normalized spacial score (nSPS) is 16.5. The molecule has 3 heterocycles. The van der Waals surface area contributed by atoms with Crippen LogP contribution in [0.25, 0.3) is 0 Å². The Morgan fingerprint density at radius 3 is 2.69 bits per heavy atom. The molecule has 1 aromatic carbocycles. The van der Waals surface area contributed by atoms with Gasteiger partial charge in [-0.25, -0.2) is 0 Å². The molecule has 0 unspecified atom stereocenters. The summed E-state index contributed by atoms with van der Waals surface area (Å²) in [4.78, 5) is 40.7. The lowest BCUT2D eigenvalue weighted by molar-refractivity contribution is -0.121. The van der Waals surface area contributed by atoms with E-state index >= 15 is 0 Å². The molecule has 3 amide bonds. The highest BCUT2D eigenvalue weighted by Crippen LogP contribution is 2.33. The number of aromatic nitrogens is 2. The predicted molar refractivity (Wildman–Crippen MR) is 120 cm³/mol. The number of likely N-dealkylation sites (N-methyl/N-ethyl adjacent to an activating group) is 1. The number of hydrogen-bond acceptors (Lipinski definition) is 5. The number of benzene rings is 1. The lowest BCUT2D eigenvalue weighted by atomic mass is 9.92. The predicted octanol–water partition coefficient (Wildman–Crippen LogP) is 2.45. The van der Waals surface area contributed by atoms with Gasteiger partial charge in [-0.05, 0) is 50.8 Å². The van der Waals surface area contributed by atoms with Crippen LogP contribution in [0.1, 0.15) is 42.2 Å². The quantitative estimate of drug-likeness (QED) is 0.772. The second kappa shape index (κ2) is 9.02. The van der Waals surface area contributed by atoms with Gasteiger partial charge in [0.15, 0.2) is 6.61 Å². The summed E-state index contributed by atoms with van der Waals surface area (Å²) in [5, 5.41) is 7.31. The summed E-state index contributed by atoms with van der Waals surface area (Å²) in [6, 6.07) is 5.20. The van der Waals surface area contributed by atoms with Crippen molar-refractivity contribution < 1.29 is 19.1 Å². The van der Waals surface area contributed by atoms with Gasteiger partial charge in [0.25, 0.3) is 11.8 Å². The Kier molecular flexibility index (Phi) is 6.16. The highest BCUT2D eigenvalue weighted by atomic mass is 16.5. The molecule has 170 valence electrons. The number of rotatable bonds is 5. The third kappa shape index (κ3) is 4.46. The number of nitrogens with zero attached hydrogens (tertiary/aromatic N) is 4. The van der Waals surface area contributed by atoms with Gasteiger partial charge >= 0.3 is 0 Å². The van der Waals surface area contributed by atoms with Crippen LogP contribution < -0.4 is 15.0 Å². The first kappa shape index (κ1) is 21.9. The number of amides is 3. The Morgan fingerprint density at radius 2 is 2.00 bits per heavy atom. The van der Waals surface area contributed by atoms with E-state index in [1.807, 2.05) is 24.9 Å². The van der Waals surface area contributed by atoms with Crippen molar-refractivity contribution in [2.45, 2.75) is 39.7 Å². The average molecular weight is 440 g/mol. The van der Waals surface area contributed by atoms with Crippen molar-refractivity contribution in [1.82, 2.24) is 14.7 Å². The molecule has 2 aromatic rings. The maximum Gasteiger partial charge on any atom is 0.264 e. The first-order chi connectivity index (χ1) is 15.4. The first-order valence-corrected chi connectivity index (χ1v) is 11.0. The van der Waals surface area contributed by atoms with Crippen LogP contribution in [0.15, 0.2) is 24.4 Å². The zero-order valence-electron chi connectivity index (χ0n) is 18.8. The fourth-order valence-corrected chi connectivity index (χ4v) is 4.19. The zero-order valence-corrected chi connectivity index (χ0v) is 18.8. The topological polar surface area (TPSA) is 96.8 Å². The number of hydrogen-bond donors (Lipinski definition) is 1. The van der Waals surface area contributed by atoms with Crippen LogP contribution in [0.2, 0.25) is 0 Å². The number of carbonyl (C=O) groups is 3. The Morgan fingerprint density at radius 1 is 1.25 bits per heavy atom. The van der Waals surface area contributed by atoms with Gasteiger partial charge < -0.3 is 19.9 Å². The van der Waals surface area contributed by atoms with E-state index in [1.54, 1.807) is 29.9 Å². The maximum absolute atomic E-state index is 13.0. The monoisotopic (exact) mass is 439 g/mol. The van der Waals surface area contributed by atoms with E-state index in [2.05, 4.69) is 10.4 Å². The van der Waals surface area contributed by atoms with Crippen molar-refractivity contribution in [3.8, 4) is 5.75 Å². The van der Waals surface area contributed by atoms with Crippen molar-refractivity contribution in [2.75, 3.05) is 37.0 Å². The molecule has 1 fully saturated rings. The largest absolute Gasteiger partial charge is 0.482 e. The molecule has 0 spiro atoms. The van der Waals surface area contributed by atoms with Crippen LogP contribution in [0.3, 0.4) is 0 Å². The number of piperidine rings is 1. The number of nitrogens with one attached hydrogen (secondary N) is 1. The molecule has 32 heavy (non-hydrogen) atoms. The minimum atomic E-state index is -0.140. The summed E-state index contributed by atoms with van der Waals surface area (Å²) in [5.74, 6) is 0.619. The van der Waals surface area contributed by atoms with Crippen LogP contribution in [0.5, 0.6) is 5.75 Å². The van der Waals surface area contributed by atoms with Gasteiger partial charge in [-0.15, -0.1) is 0 Å². The smallest absolute Gasteiger partial charge is 0.264 e. The van der Waals surface area contributed by atoms with Gasteiger partial charge in [0.1, 0.15) is 5.75 Å². The van der Waals surface area contributed by atoms with Gasteiger partial charge in [0.05, 0.1) is 17.1 Å². The Bertz CT molecular complexity index is 1040. The van der Waals surface area contributed by atoms with E-state index in [-0.39, 0.29) is 30.2 Å². The fourth-order valence-electron chi connectivity index (χ4n) is 4.19.